The Bertz CT molecular complexity index is 164. The number of hydrogen-bond donors (Lipinski definition) is 0. The Morgan fingerprint density at radius 2 is 1.75 bits per heavy atom. The molecule has 0 saturated carbocycles. The van der Waals surface area contributed by atoms with E-state index in [0.717, 1.165) is 6.42 Å². The molecule has 96 valence electrons. The van der Waals surface area contributed by atoms with E-state index < -0.39 is 0 Å². The molecule has 0 unspecified atom stereocenters. The first-order valence-electron chi connectivity index (χ1n) is 6.69. The molecule has 2 nitrogen and oxygen atoms in total. The molecule has 0 aromatic rings. The highest BCUT2D eigenvalue weighted by Gasteiger charge is 2.24. The van der Waals surface area contributed by atoms with Gasteiger partial charge in [-0.25, -0.2) is 0 Å². The van der Waals surface area contributed by atoms with Gasteiger partial charge in [0, 0.05) is 0 Å². The van der Waals surface area contributed by atoms with Gasteiger partial charge in [0.05, 0.1) is 18.6 Å². The molecule has 1 saturated heterocycles. The highest BCUT2D eigenvalue weighted by Crippen LogP contribution is 2.18. The van der Waals surface area contributed by atoms with Crippen molar-refractivity contribution in [3.8, 4) is 0 Å². The van der Waals surface area contributed by atoms with Gasteiger partial charge in [-0.05, 0) is 12.8 Å². The highest BCUT2D eigenvalue weighted by atomic mass is 35.5. The smallest absolute Gasteiger partial charge is 0.158 e. The molecule has 0 aromatic heterocycles. The zero-order valence-electron chi connectivity index (χ0n) is 10.4. The summed E-state index contributed by atoms with van der Waals surface area (Å²) < 4.78 is 11.1. The third-order valence-electron chi connectivity index (χ3n) is 3.03. The topological polar surface area (TPSA) is 18.5 Å². The van der Waals surface area contributed by atoms with Gasteiger partial charge in [-0.15, -0.1) is 11.6 Å². The minimum absolute atomic E-state index is 0.0133. The second-order valence-corrected chi connectivity index (χ2v) is 4.89. The van der Waals surface area contributed by atoms with Gasteiger partial charge >= 0.3 is 0 Å². The Hall–Kier alpha value is 0.210. The molecule has 1 heterocycles. The van der Waals surface area contributed by atoms with Crippen LogP contribution in [0.25, 0.3) is 0 Å². The average molecular weight is 249 g/mol. The molecule has 0 bridgehead atoms. The number of unbranched alkanes of at least 4 members (excludes halogenated alkanes) is 6. The standard InChI is InChI=1S/C13H25ClO2/c1-2-3-4-5-6-7-8-9-13-15-11-12(10-14)16-13/h12-13H,2-11H2,1H3/t12-,13-/m0/s1. The van der Waals surface area contributed by atoms with Crippen LogP contribution in [0.4, 0.5) is 0 Å². The number of hydrogen-bond acceptors (Lipinski definition) is 2. The lowest BCUT2D eigenvalue weighted by Crippen LogP contribution is -2.13. The minimum atomic E-state index is 0.0133. The molecular formula is C13H25ClO2. The van der Waals surface area contributed by atoms with Crippen molar-refractivity contribution in [1.82, 2.24) is 0 Å². The summed E-state index contributed by atoms with van der Waals surface area (Å²) in [6.45, 7) is 2.92. The summed E-state index contributed by atoms with van der Waals surface area (Å²) in [6, 6.07) is 0. The van der Waals surface area contributed by atoms with E-state index in [1.165, 1.54) is 44.9 Å². The molecule has 0 spiro atoms. The van der Waals surface area contributed by atoms with Crippen molar-refractivity contribution in [1.29, 1.82) is 0 Å². The Balaban J connectivity index is 1.84. The van der Waals surface area contributed by atoms with Crippen LogP contribution in [-0.2, 0) is 9.47 Å². The van der Waals surface area contributed by atoms with Crippen LogP contribution in [-0.4, -0.2) is 24.9 Å². The molecule has 3 heteroatoms. The van der Waals surface area contributed by atoms with Gasteiger partial charge in [0.15, 0.2) is 6.29 Å². The molecule has 0 amide bonds. The first-order valence-corrected chi connectivity index (χ1v) is 7.23. The molecule has 2 atom stereocenters. The fourth-order valence-electron chi connectivity index (χ4n) is 2.01. The van der Waals surface area contributed by atoms with Crippen molar-refractivity contribution in [3.05, 3.63) is 0 Å². The van der Waals surface area contributed by atoms with E-state index in [9.17, 15) is 0 Å². The van der Waals surface area contributed by atoms with Crippen LogP contribution in [0.3, 0.4) is 0 Å². The quantitative estimate of drug-likeness (QED) is 0.452. The largest absolute Gasteiger partial charge is 0.350 e. The van der Waals surface area contributed by atoms with Gasteiger partial charge in [0.2, 0.25) is 0 Å². The van der Waals surface area contributed by atoms with E-state index in [4.69, 9.17) is 21.1 Å². The van der Waals surface area contributed by atoms with Crippen molar-refractivity contribution in [2.45, 2.75) is 70.7 Å². The minimum Gasteiger partial charge on any atom is -0.350 e. The summed E-state index contributed by atoms with van der Waals surface area (Å²) in [5.41, 5.74) is 0. The predicted molar refractivity (Wildman–Crippen MR) is 67.9 cm³/mol. The van der Waals surface area contributed by atoms with E-state index in [-0.39, 0.29) is 12.4 Å². The summed E-state index contributed by atoms with van der Waals surface area (Å²) in [7, 11) is 0. The maximum Gasteiger partial charge on any atom is 0.158 e. The van der Waals surface area contributed by atoms with Crippen LogP contribution in [0, 0.1) is 0 Å². The highest BCUT2D eigenvalue weighted by molar-refractivity contribution is 6.18. The van der Waals surface area contributed by atoms with Crippen molar-refractivity contribution in [2.24, 2.45) is 0 Å². The molecular weight excluding hydrogens is 224 g/mol. The van der Waals surface area contributed by atoms with Crippen molar-refractivity contribution in [3.63, 3.8) is 0 Å². The molecule has 0 aromatic carbocycles. The van der Waals surface area contributed by atoms with Crippen molar-refractivity contribution in [2.75, 3.05) is 12.5 Å². The van der Waals surface area contributed by atoms with Gasteiger partial charge in [0.25, 0.3) is 0 Å². The summed E-state index contributed by atoms with van der Waals surface area (Å²) in [5, 5.41) is 0. The van der Waals surface area contributed by atoms with Gasteiger partial charge in [-0.3, -0.25) is 0 Å². The number of ether oxygens (including phenoxy) is 2. The molecule has 0 N–H and O–H groups in total. The second-order valence-electron chi connectivity index (χ2n) is 4.59. The fourth-order valence-corrected chi connectivity index (χ4v) is 2.17. The monoisotopic (exact) mass is 248 g/mol. The Morgan fingerprint density at radius 1 is 1.06 bits per heavy atom. The van der Waals surface area contributed by atoms with Crippen LogP contribution in [0.1, 0.15) is 58.3 Å². The second kappa shape index (κ2) is 9.26. The van der Waals surface area contributed by atoms with E-state index >= 15 is 0 Å². The average Bonchev–Trinajstić information content (AvgIpc) is 2.76. The molecule has 16 heavy (non-hydrogen) atoms. The number of rotatable bonds is 9. The van der Waals surface area contributed by atoms with E-state index in [2.05, 4.69) is 6.92 Å². The van der Waals surface area contributed by atoms with Crippen LogP contribution in [0.15, 0.2) is 0 Å². The Kier molecular flexibility index (Phi) is 8.26. The van der Waals surface area contributed by atoms with Crippen LogP contribution in [0.2, 0.25) is 0 Å². The number of halogens is 1. The summed E-state index contributed by atoms with van der Waals surface area (Å²) >= 11 is 5.70. The lowest BCUT2D eigenvalue weighted by atomic mass is 10.1. The van der Waals surface area contributed by atoms with E-state index in [1.807, 2.05) is 0 Å². The molecule has 1 aliphatic heterocycles. The zero-order valence-corrected chi connectivity index (χ0v) is 11.2. The maximum atomic E-state index is 5.70. The SMILES string of the molecule is CCCCCCCCC[C@H]1OC[C@H](CCl)O1. The molecule has 1 fully saturated rings. The first-order chi connectivity index (χ1) is 7.86. The lowest BCUT2D eigenvalue weighted by Gasteiger charge is -2.09. The third kappa shape index (κ3) is 6.07. The van der Waals surface area contributed by atoms with Crippen LogP contribution in [0.5, 0.6) is 0 Å². The van der Waals surface area contributed by atoms with Gasteiger partial charge < -0.3 is 9.47 Å². The summed E-state index contributed by atoms with van der Waals surface area (Å²) in [5.74, 6) is 0.549. The van der Waals surface area contributed by atoms with Gasteiger partial charge in [-0.1, -0.05) is 45.4 Å². The van der Waals surface area contributed by atoms with Gasteiger partial charge in [0.1, 0.15) is 0 Å². The van der Waals surface area contributed by atoms with E-state index in [0.29, 0.717) is 12.5 Å². The molecule has 0 aliphatic carbocycles. The van der Waals surface area contributed by atoms with Gasteiger partial charge in [-0.2, -0.15) is 0 Å². The first kappa shape index (κ1) is 14.3. The lowest BCUT2D eigenvalue weighted by molar-refractivity contribution is -0.0599. The van der Waals surface area contributed by atoms with Crippen molar-refractivity contribution >= 4 is 11.6 Å². The van der Waals surface area contributed by atoms with E-state index in [1.54, 1.807) is 0 Å². The predicted octanol–water partition coefficient (Wildman–Crippen LogP) is 4.11. The van der Waals surface area contributed by atoms with Crippen LogP contribution >= 0.6 is 11.6 Å². The maximum absolute atomic E-state index is 5.70. The fraction of sp³-hybridized carbons (Fsp3) is 1.00. The van der Waals surface area contributed by atoms with Crippen molar-refractivity contribution < 1.29 is 9.47 Å². The normalized spacial score (nSPS) is 25.1. The zero-order chi connectivity index (χ0) is 11.6. The molecule has 0 radical (unpaired) electrons. The third-order valence-corrected chi connectivity index (χ3v) is 3.37. The summed E-state index contributed by atoms with van der Waals surface area (Å²) in [4.78, 5) is 0. The van der Waals surface area contributed by atoms with Crippen LogP contribution < -0.4 is 0 Å². The molecule has 1 aliphatic rings. The summed E-state index contributed by atoms with van der Waals surface area (Å²) in [6.07, 6.45) is 10.5. The Labute approximate surface area is 105 Å². The Morgan fingerprint density at radius 3 is 2.38 bits per heavy atom. The molecule has 1 rings (SSSR count). The number of alkyl halides is 1.